The van der Waals surface area contributed by atoms with Crippen LogP contribution >= 0.6 is 24.0 Å². The zero-order valence-electron chi connectivity index (χ0n) is 15.8. The number of ether oxygens (including phenoxy) is 2. The normalized spacial score (nSPS) is 11.5. The minimum atomic E-state index is 0. The Labute approximate surface area is 168 Å². The fourth-order valence-electron chi connectivity index (χ4n) is 2.69. The van der Waals surface area contributed by atoms with Crippen LogP contribution in [0.15, 0.2) is 42.5 Å². The van der Waals surface area contributed by atoms with Crippen molar-refractivity contribution in [3.8, 4) is 11.5 Å². The largest absolute Gasteiger partial charge is 0.490 e. The fraction of sp³-hybridized carbons (Fsp3) is 0.429. The second-order valence-electron chi connectivity index (χ2n) is 6.08. The summed E-state index contributed by atoms with van der Waals surface area (Å²) in [5.41, 5.74) is 2.47. The standard InChI is InChI=1S/C21H28ClNO2.ClH/c1-4-24-20-14-18(13-19(22)21(20)25-5-2)15-23-16(3)11-12-17-9-7-6-8-10-17;/h6-10,13-14,16,23H,4-5,11-12,15H2,1-3H3;1H. The molecule has 0 radical (unpaired) electrons. The molecule has 1 N–H and O–H groups in total. The van der Waals surface area contributed by atoms with Gasteiger partial charge < -0.3 is 14.8 Å². The van der Waals surface area contributed by atoms with Gasteiger partial charge in [-0.15, -0.1) is 12.4 Å². The Morgan fingerprint density at radius 3 is 2.35 bits per heavy atom. The van der Waals surface area contributed by atoms with Crippen LogP contribution in [0.2, 0.25) is 5.02 Å². The Balaban J connectivity index is 0.00000338. The molecule has 0 bridgehead atoms. The van der Waals surface area contributed by atoms with Crippen LogP contribution < -0.4 is 14.8 Å². The highest BCUT2D eigenvalue weighted by molar-refractivity contribution is 6.32. The Bertz CT molecular complexity index is 650. The lowest BCUT2D eigenvalue weighted by Crippen LogP contribution is -2.26. The van der Waals surface area contributed by atoms with Gasteiger partial charge in [0.25, 0.3) is 0 Å². The van der Waals surface area contributed by atoms with E-state index in [1.54, 1.807) is 0 Å². The van der Waals surface area contributed by atoms with Crippen molar-refractivity contribution in [2.75, 3.05) is 13.2 Å². The summed E-state index contributed by atoms with van der Waals surface area (Å²) >= 11 is 6.37. The quantitative estimate of drug-likeness (QED) is 0.559. The van der Waals surface area contributed by atoms with Crippen LogP contribution in [0.4, 0.5) is 0 Å². The summed E-state index contributed by atoms with van der Waals surface area (Å²) in [5, 5.41) is 4.16. The number of hydrogen-bond acceptors (Lipinski definition) is 3. The van der Waals surface area contributed by atoms with E-state index in [0.29, 0.717) is 35.8 Å². The van der Waals surface area contributed by atoms with Crippen molar-refractivity contribution >= 4 is 24.0 Å². The van der Waals surface area contributed by atoms with E-state index in [1.165, 1.54) is 5.56 Å². The van der Waals surface area contributed by atoms with Gasteiger partial charge in [0.15, 0.2) is 11.5 Å². The maximum Gasteiger partial charge on any atom is 0.179 e. The van der Waals surface area contributed by atoms with Gasteiger partial charge in [-0.25, -0.2) is 0 Å². The Morgan fingerprint density at radius 2 is 1.69 bits per heavy atom. The molecule has 5 heteroatoms. The molecule has 0 fully saturated rings. The molecule has 0 saturated heterocycles. The number of aryl methyl sites for hydroxylation is 1. The van der Waals surface area contributed by atoms with E-state index in [9.17, 15) is 0 Å². The number of benzene rings is 2. The Kier molecular flexibility index (Phi) is 10.5. The highest BCUT2D eigenvalue weighted by Gasteiger charge is 2.12. The topological polar surface area (TPSA) is 30.5 Å². The van der Waals surface area contributed by atoms with E-state index in [1.807, 2.05) is 26.0 Å². The predicted octanol–water partition coefficient (Wildman–Crippen LogP) is 5.67. The summed E-state index contributed by atoms with van der Waals surface area (Å²) in [5.74, 6) is 1.34. The summed E-state index contributed by atoms with van der Waals surface area (Å²) < 4.78 is 11.3. The van der Waals surface area contributed by atoms with Gasteiger partial charge in [-0.1, -0.05) is 41.9 Å². The molecule has 0 saturated carbocycles. The highest BCUT2D eigenvalue weighted by atomic mass is 35.5. The second-order valence-corrected chi connectivity index (χ2v) is 6.48. The maximum absolute atomic E-state index is 6.37. The molecule has 2 aromatic carbocycles. The molecule has 3 nitrogen and oxygen atoms in total. The average molecular weight is 398 g/mol. The van der Waals surface area contributed by atoms with E-state index in [-0.39, 0.29) is 12.4 Å². The van der Waals surface area contributed by atoms with Crippen molar-refractivity contribution in [3.63, 3.8) is 0 Å². The smallest absolute Gasteiger partial charge is 0.179 e. The van der Waals surface area contributed by atoms with Crippen LogP contribution in [0.5, 0.6) is 11.5 Å². The van der Waals surface area contributed by atoms with E-state index in [4.69, 9.17) is 21.1 Å². The first-order valence-corrected chi connectivity index (χ1v) is 9.37. The van der Waals surface area contributed by atoms with Crippen molar-refractivity contribution in [1.29, 1.82) is 0 Å². The van der Waals surface area contributed by atoms with Crippen molar-refractivity contribution in [2.24, 2.45) is 0 Å². The zero-order valence-corrected chi connectivity index (χ0v) is 17.3. The van der Waals surface area contributed by atoms with Crippen molar-refractivity contribution in [1.82, 2.24) is 5.32 Å². The van der Waals surface area contributed by atoms with Crippen LogP contribution in [-0.4, -0.2) is 19.3 Å². The Hall–Kier alpha value is -1.42. The van der Waals surface area contributed by atoms with Gasteiger partial charge in [0.1, 0.15) is 0 Å². The summed E-state index contributed by atoms with van der Waals surface area (Å²) in [6.07, 6.45) is 2.16. The highest BCUT2D eigenvalue weighted by Crippen LogP contribution is 2.36. The summed E-state index contributed by atoms with van der Waals surface area (Å²) in [6.45, 7) is 8.01. The maximum atomic E-state index is 6.37. The lowest BCUT2D eigenvalue weighted by molar-refractivity contribution is 0.287. The molecule has 0 aliphatic rings. The van der Waals surface area contributed by atoms with Gasteiger partial charge in [-0.2, -0.15) is 0 Å². The molecule has 0 amide bonds. The summed E-state index contributed by atoms with van der Waals surface area (Å²) in [4.78, 5) is 0. The summed E-state index contributed by atoms with van der Waals surface area (Å²) in [7, 11) is 0. The lowest BCUT2D eigenvalue weighted by Gasteiger charge is -2.17. The van der Waals surface area contributed by atoms with Crippen molar-refractivity contribution in [2.45, 2.75) is 46.2 Å². The molecule has 2 aromatic rings. The van der Waals surface area contributed by atoms with Crippen LogP contribution in [0.25, 0.3) is 0 Å². The van der Waals surface area contributed by atoms with E-state index < -0.39 is 0 Å². The number of halogens is 2. The summed E-state index contributed by atoms with van der Waals surface area (Å²) in [6, 6.07) is 15.0. The molecule has 0 aromatic heterocycles. The third-order valence-corrected chi connectivity index (χ3v) is 4.30. The molecule has 2 rings (SSSR count). The molecular weight excluding hydrogens is 369 g/mol. The molecule has 1 unspecified atom stereocenters. The van der Waals surface area contributed by atoms with Crippen LogP contribution in [0.3, 0.4) is 0 Å². The fourth-order valence-corrected chi connectivity index (χ4v) is 2.98. The molecule has 26 heavy (non-hydrogen) atoms. The van der Waals surface area contributed by atoms with Gasteiger partial charge in [0, 0.05) is 12.6 Å². The van der Waals surface area contributed by atoms with Gasteiger partial charge in [0.05, 0.1) is 18.2 Å². The number of nitrogens with one attached hydrogen (secondary N) is 1. The van der Waals surface area contributed by atoms with Gasteiger partial charge >= 0.3 is 0 Å². The third kappa shape index (κ3) is 7.06. The van der Waals surface area contributed by atoms with E-state index >= 15 is 0 Å². The molecule has 0 heterocycles. The monoisotopic (exact) mass is 397 g/mol. The molecule has 0 aliphatic heterocycles. The Morgan fingerprint density at radius 1 is 1.00 bits per heavy atom. The zero-order chi connectivity index (χ0) is 18.1. The van der Waals surface area contributed by atoms with Crippen molar-refractivity contribution < 1.29 is 9.47 Å². The van der Waals surface area contributed by atoms with Gasteiger partial charge in [0.2, 0.25) is 0 Å². The molecule has 1 atom stereocenters. The number of hydrogen-bond donors (Lipinski definition) is 1. The van der Waals surface area contributed by atoms with Gasteiger partial charge in [-0.3, -0.25) is 0 Å². The molecule has 0 spiro atoms. The molecule has 144 valence electrons. The van der Waals surface area contributed by atoms with Crippen LogP contribution in [0, 0.1) is 0 Å². The molecular formula is C21H29Cl2NO2. The first-order chi connectivity index (χ1) is 12.1. The molecule has 0 aliphatic carbocycles. The van der Waals surface area contributed by atoms with Crippen LogP contribution in [-0.2, 0) is 13.0 Å². The van der Waals surface area contributed by atoms with Crippen molar-refractivity contribution in [3.05, 3.63) is 58.6 Å². The SMILES string of the molecule is CCOc1cc(CNC(C)CCc2ccccc2)cc(Cl)c1OCC.Cl. The first kappa shape index (κ1) is 22.6. The lowest BCUT2D eigenvalue weighted by atomic mass is 10.1. The van der Waals surface area contributed by atoms with Gasteiger partial charge in [-0.05, 0) is 56.9 Å². The predicted molar refractivity (Wildman–Crippen MR) is 112 cm³/mol. The van der Waals surface area contributed by atoms with E-state index in [2.05, 4.69) is 42.6 Å². The minimum absolute atomic E-state index is 0. The second kappa shape index (κ2) is 12.1. The van der Waals surface area contributed by atoms with Crippen LogP contribution in [0.1, 0.15) is 38.3 Å². The number of rotatable bonds is 10. The first-order valence-electron chi connectivity index (χ1n) is 8.99. The minimum Gasteiger partial charge on any atom is -0.490 e. The third-order valence-electron chi connectivity index (χ3n) is 4.02. The average Bonchev–Trinajstić information content (AvgIpc) is 2.62. The van der Waals surface area contributed by atoms with E-state index in [0.717, 1.165) is 24.9 Å².